The fourth-order valence-electron chi connectivity index (χ4n) is 4.04. The van der Waals surface area contributed by atoms with Crippen molar-refractivity contribution in [2.45, 2.75) is 51.7 Å². The molecule has 0 fully saturated rings. The molecule has 4 rings (SSSR count). The minimum absolute atomic E-state index is 0.00859. The van der Waals surface area contributed by atoms with Gasteiger partial charge < -0.3 is 24.8 Å². The zero-order chi connectivity index (χ0) is 22.3. The number of ketones is 1. The second kappa shape index (κ2) is 7.69. The Kier molecular flexibility index (Phi) is 5.17. The Hall–Kier alpha value is -3.41. The molecule has 2 aromatic rings. The monoisotopic (exact) mass is 422 g/mol. The smallest absolute Gasteiger partial charge is 0.174 e. The Morgan fingerprint density at radius 1 is 1.19 bits per heavy atom. The fourth-order valence-corrected chi connectivity index (χ4v) is 4.04. The average molecular weight is 422 g/mol. The highest BCUT2D eigenvalue weighted by atomic mass is 16.5. The van der Waals surface area contributed by atoms with E-state index in [1.54, 1.807) is 12.1 Å². The van der Waals surface area contributed by atoms with Crippen LogP contribution in [0.3, 0.4) is 0 Å². The van der Waals surface area contributed by atoms with Gasteiger partial charge in [0.1, 0.15) is 46.0 Å². The number of hydrogen-bond acceptors (Lipinski definition) is 6. The number of carbonyl (C=O) groups is 1. The molecule has 0 aromatic heterocycles. The van der Waals surface area contributed by atoms with Crippen LogP contribution in [-0.2, 0) is 0 Å². The predicted molar refractivity (Wildman–Crippen MR) is 117 cm³/mol. The zero-order valence-electron chi connectivity index (χ0n) is 17.8. The number of carbonyl (C=O) groups excluding carboxylic acids is 1. The van der Waals surface area contributed by atoms with Gasteiger partial charge in [-0.25, -0.2) is 0 Å². The first-order valence-corrected chi connectivity index (χ1v) is 10.3. The number of benzene rings is 2. The summed E-state index contributed by atoms with van der Waals surface area (Å²) in [6, 6.07) is 5.86. The Balaban J connectivity index is 1.61. The summed E-state index contributed by atoms with van der Waals surface area (Å²) in [4.78, 5) is 12.6. The predicted octanol–water partition coefficient (Wildman–Crippen LogP) is 5.42. The van der Waals surface area contributed by atoms with E-state index >= 15 is 0 Å². The summed E-state index contributed by atoms with van der Waals surface area (Å²) in [5.74, 6) is -0.194. The topological polar surface area (TPSA) is 96.2 Å². The van der Waals surface area contributed by atoms with Crippen LogP contribution < -0.4 is 9.47 Å². The summed E-state index contributed by atoms with van der Waals surface area (Å²) in [7, 11) is 0. The molecule has 0 radical (unpaired) electrons. The van der Waals surface area contributed by atoms with Gasteiger partial charge in [0.25, 0.3) is 0 Å². The maximum atomic E-state index is 12.6. The van der Waals surface area contributed by atoms with Gasteiger partial charge in [-0.2, -0.15) is 0 Å². The summed E-state index contributed by atoms with van der Waals surface area (Å²) < 4.78 is 12.0. The molecule has 6 nitrogen and oxygen atoms in total. The van der Waals surface area contributed by atoms with Gasteiger partial charge in [-0.3, -0.25) is 4.79 Å². The van der Waals surface area contributed by atoms with Crippen molar-refractivity contribution in [2.75, 3.05) is 0 Å². The quantitative estimate of drug-likeness (QED) is 0.569. The third-order valence-electron chi connectivity index (χ3n) is 5.68. The van der Waals surface area contributed by atoms with E-state index < -0.39 is 11.7 Å². The van der Waals surface area contributed by atoms with E-state index in [0.717, 1.165) is 18.9 Å². The van der Waals surface area contributed by atoms with Crippen molar-refractivity contribution in [1.29, 1.82) is 0 Å². The third kappa shape index (κ3) is 3.98. The summed E-state index contributed by atoms with van der Waals surface area (Å²) in [5, 5.41) is 30.6. The third-order valence-corrected chi connectivity index (χ3v) is 5.68. The number of phenolic OH excluding ortho intramolecular Hbond substituents is 3. The second-order valence-corrected chi connectivity index (χ2v) is 8.56. The largest absolute Gasteiger partial charge is 0.508 e. The Labute approximate surface area is 181 Å². The van der Waals surface area contributed by atoms with Gasteiger partial charge in [-0.05, 0) is 57.9 Å². The van der Waals surface area contributed by atoms with Crippen LogP contribution in [0.1, 0.15) is 67.6 Å². The first-order valence-electron chi connectivity index (χ1n) is 10.3. The number of allylic oxidation sites excluding steroid dienone is 2. The lowest BCUT2D eigenvalue weighted by Crippen LogP contribution is -2.31. The maximum Gasteiger partial charge on any atom is 0.174 e. The van der Waals surface area contributed by atoms with Gasteiger partial charge in [0, 0.05) is 17.7 Å². The standard InChI is InChI=1S/C25H26O6/c1-14(2)5-4-9-25(3)10-8-17-20(31-25)7-6-16(24(17)29)21-13-19(28)23-18(27)11-15(26)12-22(23)30-21/h5-8,10-12,21,26-27,29H,4,9,13H2,1-3H3/t21-,25-/m1/s1. The van der Waals surface area contributed by atoms with E-state index in [4.69, 9.17) is 9.47 Å². The molecule has 0 bridgehead atoms. The van der Waals surface area contributed by atoms with Crippen LogP contribution in [0.2, 0.25) is 0 Å². The van der Waals surface area contributed by atoms with Crippen molar-refractivity contribution < 1.29 is 29.6 Å². The van der Waals surface area contributed by atoms with E-state index in [1.807, 2.05) is 19.1 Å². The normalized spacial score (nSPS) is 21.5. The molecule has 2 aromatic carbocycles. The lowest BCUT2D eigenvalue weighted by molar-refractivity contribution is 0.0841. The molecule has 0 saturated heterocycles. The molecular formula is C25H26O6. The number of Topliss-reactive ketones (excluding diaryl/α,β-unsaturated/α-hetero) is 1. The molecule has 2 heterocycles. The molecule has 0 saturated carbocycles. The maximum absolute atomic E-state index is 12.6. The molecule has 2 aliphatic heterocycles. The van der Waals surface area contributed by atoms with Crippen LogP contribution in [0.5, 0.6) is 28.7 Å². The number of ether oxygens (including phenoxy) is 2. The highest BCUT2D eigenvalue weighted by Crippen LogP contribution is 2.46. The summed E-state index contributed by atoms with van der Waals surface area (Å²) in [6.45, 7) is 6.14. The van der Waals surface area contributed by atoms with Crippen LogP contribution in [0.25, 0.3) is 6.08 Å². The highest BCUT2D eigenvalue weighted by Gasteiger charge is 2.34. The Bertz CT molecular complexity index is 1110. The van der Waals surface area contributed by atoms with E-state index in [1.165, 1.54) is 11.6 Å². The second-order valence-electron chi connectivity index (χ2n) is 8.56. The van der Waals surface area contributed by atoms with Crippen LogP contribution in [0, 0.1) is 0 Å². The van der Waals surface area contributed by atoms with Gasteiger partial charge in [0.2, 0.25) is 0 Å². The molecule has 2 atom stereocenters. The van der Waals surface area contributed by atoms with E-state index in [0.29, 0.717) is 16.9 Å². The molecule has 162 valence electrons. The highest BCUT2D eigenvalue weighted by molar-refractivity contribution is 6.02. The average Bonchev–Trinajstić information content (AvgIpc) is 2.66. The van der Waals surface area contributed by atoms with Gasteiger partial charge >= 0.3 is 0 Å². The van der Waals surface area contributed by atoms with Crippen molar-refractivity contribution in [2.24, 2.45) is 0 Å². The van der Waals surface area contributed by atoms with Crippen LogP contribution in [0.4, 0.5) is 0 Å². The summed E-state index contributed by atoms with van der Waals surface area (Å²) in [6.07, 6.45) is 6.87. The van der Waals surface area contributed by atoms with Gasteiger partial charge in [0.15, 0.2) is 5.78 Å². The SMILES string of the molecule is CC(C)=CCC[C@]1(C)C=Cc2c(ccc([C@H]3CC(=O)c4c(O)cc(O)cc4O3)c2O)O1. The first kappa shape index (κ1) is 20.8. The summed E-state index contributed by atoms with van der Waals surface area (Å²) >= 11 is 0. The van der Waals surface area contributed by atoms with E-state index in [-0.39, 0.29) is 40.8 Å². The number of aromatic hydroxyl groups is 3. The number of phenols is 3. The lowest BCUT2D eigenvalue weighted by Gasteiger charge is -2.33. The van der Waals surface area contributed by atoms with Gasteiger partial charge in [-0.15, -0.1) is 0 Å². The van der Waals surface area contributed by atoms with Crippen LogP contribution >= 0.6 is 0 Å². The Morgan fingerprint density at radius 3 is 2.71 bits per heavy atom. The molecule has 0 spiro atoms. The molecule has 6 heteroatoms. The summed E-state index contributed by atoms with van der Waals surface area (Å²) in [5.41, 5.74) is 1.82. The number of hydrogen-bond donors (Lipinski definition) is 3. The molecule has 31 heavy (non-hydrogen) atoms. The molecule has 0 amide bonds. The number of rotatable bonds is 4. The number of fused-ring (bicyclic) bond motifs is 2. The molecule has 0 unspecified atom stereocenters. The van der Waals surface area contributed by atoms with Crippen LogP contribution in [0.15, 0.2) is 42.0 Å². The minimum atomic E-state index is -0.745. The van der Waals surface area contributed by atoms with Crippen molar-refractivity contribution in [3.05, 3.63) is 58.7 Å². The molecule has 2 aliphatic rings. The van der Waals surface area contributed by atoms with Crippen molar-refractivity contribution in [3.8, 4) is 28.7 Å². The molecular weight excluding hydrogens is 396 g/mol. The first-order chi connectivity index (χ1) is 14.7. The van der Waals surface area contributed by atoms with Gasteiger partial charge in [-0.1, -0.05) is 11.6 Å². The minimum Gasteiger partial charge on any atom is -0.508 e. The van der Waals surface area contributed by atoms with E-state index in [2.05, 4.69) is 19.9 Å². The van der Waals surface area contributed by atoms with Crippen molar-refractivity contribution >= 4 is 11.9 Å². The fraction of sp³-hybridized carbons (Fsp3) is 0.320. The molecule has 3 N–H and O–H groups in total. The Morgan fingerprint density at radius 2 is 1.97 bits per heavy atom. The zero-order valence-corrected chi connectivity index (χ0v) is 17.8. The van der Waals surface area contributed by atoms with Crippen LogP contribution in [-0.4, -0.2) is 26.7 Å². The molecule has 0 aliphatic carbocycles. The lowest BCUT2D eigenvalue weighted by atomic mass is 9.91. The van der Waals surface area contributed by atoms with Crippen molar-refractivity contribution in [1.82, 2.24) is 0 Å². The van der Waals surface area contributed by atoms with Gasteiger partial charge in [0.05, 0.1) is 12.0 Å². The van der Waals surface area contributed by atoms with E-state index in [9.17, 15) is 20.1 Å². The van der Waals surface area contributed by atoms with Crippen molar-refractivity contribution in [3.63, 3.8) is 0 Å².